The van der Waals surface area contributed by atoms with E-state index in [1.807, 2.05) is 35.2 Å². The van der Waals surface area contributed by atoms with E-state index in [1.165, 1.54) is 11.0 Å². The molecule has 1 saturated heterocycles. The maximum atomic E-state index is 12.3. The third kappa shape index (κ3) is 2.92. The largest absolute Gasteiger partial charge is 0.486 e. The van der Waals surface area contributed by atoms with Gasteiger partial charge in [-0.15, -0.1) is 0 Å². The topological polar surface area (TPSA) is 73.1 Å². The first-order valence-electron chi connectivity index (χ1n) is 7.90. The summed E-state index contributed by atoms with van der Waals surface area (Å²) in [6, 6.07) is 9.82. The van der Waals surface area contributed by atoms with Crippen LogP contribution in [0.25, 0.3) is 10.9 Å². The lowest BCUT2D eigenvalue weighted by molar-refractivity contribution is -0.131. The molecule has 0 aliphatic carbocycles. The third-order valence-corrected chi connectivity index (χ3v) is 4.15. The van der Waals surface area contributed by atoms with Crippen molar-refractivity contribution >= 4 is 16.8 Å². The maximum absolute atomic E-state index is 12.3. The third-order valence-electron chi connectivity index (χ3n) is 4.15. The smallest absolute Gasteiger partial charge is 0.244 e. The number of hydrogen-bond acceptors (Lipinski definition) is 5. The van der Waals surface area contributed by atoms with Gasteiger partial charge in [-0.2, -0.15) is 5.10 Å². The van der Waals surface area contributed by atoms with Crippen LogP contribution in [-0.2, 0) is 11.3 Å². The van der Waals surface area contributed by atoms with Gasteiger partial charge in [0.25, 0.3) is 0 Å². The molecule has 2 aromatic heterocycles. The minimum atomic E-state index is -0.0164. The number of likely N-dealkylation sites (tertiary alicyclic amines) is 1. The number of carbonyl (C=O) groups is 1. The van der Waals surface area contributed by atoms with Crippen LogP contribution in [0.4, 0.5) is 0 Å². The molecule has 122 valence electrons. The second-order valence-corrected chi connectivity index (χ2v) is 5.79. The van der Waals surface area contributed by atoms with E-state index in [1.54, 1.807) is 12.5 Å². The Balaban J connectivity index is 1.42. The van der Waals surface area contributed by atoms with Gasteiger partial charge in [-0.05, 0) is 12.1 Å². The Kier molecular flexibility index (Phi) is 3.82. The Morgan fingerprint density at radius 1 is 1.29 bits per heavy atom. The average molecular weight is 323 g/mol. The lowest BCUT2D eigenvalue weighted by Crippen LogP contribution is -2.33. The molecule has 7 nitrogen and oxygen atoms in total. The molecule has 0 N–H and O–H groups in total. The van der Waals surface area contributed by atoms with Gasteiger partial charge in [-0.3, -0.25) is 9.78 Å². The van der Waals surface area contributed by atoms with Gasteiger partial charge in [0, 0.05) is 24.5 Å². The van der Waals surface area contributed by atoms with Crippen molar-refractivity contribution in [1.29, 1.82) is 0 Å². The number of ether oxygens (including phenoxy) is 1. The lowest BCUT2D eigenvalue weighted by atomic mass is 10.2. The van der Waals surface area contributed by atoms with Crippen LogP contribution in [0.5, 0.6) is 5.75 Å². The number of amides is 1. The Morgan fingerprint density at radius 2 is 2.21 bits per heavy atom. The average Bonchev–Trinajstić information content (AvgIpc) is 3.27. The van der Waals surface area contributed by atoms with Crippen LogP contribution in [0.1, 0.15) is 6.42 Å². The Morgan fingerprint density at radius 3 is 3.08 bits per heavy atom. The molecule has 0 radical (unpaired) electrons. The van der Waals surface area contributed by atoms with Gasteiger partial charge in [0.15, 0.2) is 0 Å². The van der Waals surface area contributed by atoms with Crippen LogP contribution in [0.15, 0.2) is 49.2 Å². The standard InChI is InChI=1S/C17H17N5O2/c23-16(10-22-12-18-11-20-22)21-8-6-14(9-21)24-15-5-1-3-13-4-2-7-19-17(13)15/h1-5,7,11-12,14H,6,8-10H2. The van der Waals surface area contributed by atoms with Crippen LogP contribution in [0.2, 0.25) is 0 Å². The Hall–Kier alpha value is -2.96. The Labute approximate surface area is 138 Å². The minimum Gasteiger partial charge on any atom is -0.486 e. The fourth-order valence-corrected chi connectivity index (χ4v) is 2.95. The molecular formula is C17H17N5O2. The number of carbonyl (C=O) groups excluding carboxylic acids is 1. The monoisotopic (exact) mass is 323 g/mol. The van der Waals surface area contributed by atoms with Crippen molar-refractivity contribution in [2.75, 3.05) is 13.1 Å². The van der Waals surface area contributed by atoms with Gasteiger partial charge >= 0.3 is 0 Å². The molecule has 0 saturated carbocycles. The number of pyridine rings is 1. The van der Waals surface area contributed by atoms with E-state index in [4.69, 9.17) is 4.74 Å². The molecule has 1 unspecified atom stereocenters. The fourth-order valence-electron chi connectivity index (χ4n) is 2.95. The summed E-state index contributed by atoms with van der Waals surface area (Å²) in [5.74, 6) is 0.798. The summed E-state index contributed by atoms with van der Waals surface area (Å²) in [5, 5.41) is 5.02. The van der Waals surface area contributed by atoms with Crippen molar-refractivity contribution in [3.8, 4) is 5.75 Å². The number of benzene rings is 1. The number of para-hydroxylation sites is 1. The zero-order valence-electron chi connectivity index (χ0n) is 13.1. The molecule has 4 rings (SSSR count). The van der Waals surface area contributed by atoms with Crippen LogP contribution in [0, 0.1) is 0 Å². The second kappa shape index (κ2) is 6.27. The van der Waals surface area contributed by atoms with Gasteiger partial charge in [0.05, 0.1) is 6.54 Å². The van der Waals surface area contributed by atoms with E-state index < -0.39 is 0 Å². The van der Waals surface area contributed by atoms with E-state index >= 15 is 0 Å². The molecule has 1 fully saturated rings. The van der Waals surface area contributed by atoms with Crippen molar-refractivity contribution < 1.29 is 9.53 Å². The van der Waals surface area contributed by atoms with Crippen molar-refractivity contribution in [2.24, 2.45) is 0 Å². The first-order valence-corrected chi connectivity index (χ1v) is 7.90. The van der Waals surface area contributed by atoms with Crippen LogP contribution < -0.4 is 4.74 Å². The van der Waals surface area contributed by atoms with E-state index in [2.05, 4.69) is 15.1 Å². The van der Waals surface area contributed by atoms with E-state index in [-0.39, 0.29) is 18.6 Å². The molecule has 0 spiro atoms. The molecule has 1 atom stereocenters. The number of hydrogen-bond donors (Lipinski definition) is 0. The predicted molar refractivity (Wildman–Crippen MR) is 87.4 cm³/mol. The molecule has 1 aliphatic rings. The highest BCUT2D eigenvalue weighted by Gasteiger charge is 2.28. The van der Waals surface area contributed by atoms with Gasteiger partial charge < -0.3 is 9.64 Å². The van der Waals surface area contributed by atoms with Gasteiger partial charge in [-0.25, -0.2) is 9.67 Å². The van der Waals surface area contributed by atoms with Crippen LogP contribution in [-0.4, -0.2) is 49.7 Å². The molecule has 0 bridgehead atoms. The number of nitrogens with zero attached hydrogens (tertiary/aromatic N) is 5. The van der Waals surface area contributed by atoms with Crippen LogP contribution >= 0.6 is 0 Å². The molecule has 1 amide bonds. The van der Waals surface area contributed by atoms with Crippen molar-refractivity contribution in [1.82, 2.24) is 24.6 Å². The highest BCUT2D eigenvalue weighted by atomic mass is 16.5. The zero-order chi connectivity index (χ0) is 16.4. The minimum absolute atomic E-state index is 0.0164. The summed E-state index contributed by atoms with van der Waals surface area (Å²) in [7, 11) is 0. The van der Waals surface area contributed by atoms with Gasteiger partial charge in [-0.1, -0.05) is 18.2 Å². The highest BCUT2D eigenvalue weighted by molar-refractivity contribution is 5.84. The Bertz CT molecular complexity index is 844. The maximum Gasteiger partial charge on any atom is 0.244 e. The zero-order valence-corrected chi connectivity index (χ0v) is 13.1. The molecule has 1 aliphatic heterocycles. The van der Waals surface area contributed by atoms with Gasteiger partial charge in [0.2, 0.25) is 5.91 Å². The summed E-state index contributed by atoms with van der Waals surface area (Å²) >= 11 is 0. The second-order valence-electron chi connectivity index (χ2n) is 5.79. The predicted octanol–water partition coefficient (Wildman–Crippen LogP) is 1.51. The molecule has 3 aromatic rings. The van der Waals surface area contributed by atoms with E-state index in [0.29, 0.717) is 13.1 Å². The lowest BCUT2D eigenvalue weighted by Gasteiger charge is -2.17. The highest BCUT2D eigenvalue weighted by Crippen LogP contribution is 2.26. The first-order chi connectivity index (χ1) is 11.8. The normalized spacial score (nSPS) is 17.3. The number of rotatable bonds is 4. The molecule has 24 heavy (non-hydrogen) atoms. The summed E-state index contributed by atoms with van der Waals surface area (Å²) in [4.78, 5) is 22.4. The molecule has 7 heteroatoms. The molecule has 3 heterocycles. The molecule has 1 aromatic carbocycles. The summed E-state index contributed by atoms with van der Waals surface area (Å²) in [6.07, 6.45) is 5.53. The van der Waals surface area contributed by atoms with Gasteiger partial charge in [0.1, 0.15) is 36.6 Å². The fraction of sp³-hybridized carbons (Fsp3) is 0.294. The van der Waals surface area contributed by atoms with Crippen molar-refractivity contribution in [3.05, 3.63) is 49.2 Å². The molecular weight excluding hydrogens is 306 g/mol. The van der Waals surface area contributed by atoms with Crippen molar-refractivity contribution in [3.63, 3.8) is 0 Å². The summed E-state index contributed by atoms with van der Waals surface area (Å²) in [6.45, 7) is 1.48. The first kappa shape index (κ1) is 14.6. The quantitative estimate of drug-likeness (QED) is 0.727. The van der Waals surface area contributed by atoms with Crippen molar-refractivity contribution in [2.45, 2.75) is 19.1 Å². The number of fused-ring (bicyclic) bond motifs is 1. The van der Waals surface area contributed by atoms with E-state index in [0.717, 1.165) is 23.1 Å². The number of aromatic nitrogens is 4. The van der Waals surface area contributed by atoms with E-state index in [9.17, 15) is 4.79 Å². The van der Waals surface area contributed by atoms with Crippen LogP contribution in [0.3, 0.4) is 0 Å². The summed E-state index contributed by atoms with van der Waals surface area (Å²) in [5.41, 5.74) is 0.854. The SMILES string of the molecule is O=C(Cn1cncn1)N1CCC(Oc2cccc3cccnc23)C1. The summed E-state index contributed by atoms with van der Waals surface area (Å²) < 4.78 is 7.65.